The van der Waals surface area contributed by atoms with E-state index in [9.17, 15) is 0 Å². The van der Waals surface area contributed by atoms with Crippen molar-refractivity contribution in [3.63, 3.8) is 0 Å². The lowest BCUT2D eigenvalue weighted by Crippen LogP contribution is -2.00. The van der Waals surface area contributed by atoms with E-state index in [4.69, 9.17) is 21.2 Å². The van der Waals surface area contributed by atoms with E-state index in [1.54, 1.807) is 6.26 Å². The summed E-state index contributed by atoms with van der Waals surface area (Å²) in [5.41, 5.74) is 2.57. The van der Waals surface area contributed by atoms with Gasteiger partial charge in [0.1, 0.15) is 12.0 Å². The standard InChI is InChI=1S/C12H11BrClNO2/c13-11(9-3-1-2-4-10(9)14)12-8(5-6-16)7-17-15-12/h1-4,7,11,16H,5-6H2. The van der Waals surface area contributed by atoms with E-state index in [-0.39, 0.29) is 11.4 Å². The van der Waals surface area contributed by atoms with Gasteiger partial charge >= 0.3 is 0 Å². The summed E-state index contributed by atoms with van der Waals surface area (Å²) in [5, 5.41) is 13.6. The molecule has 0 aliphatic heterocycles. The third-order valence-electron chi connectivity index (χ3n) is 2.47. The van der Waals surface area contributed by atoms with E-state index in [1.165, 1.54) is 0 Å². The predicted molar refractivity (Wildman–Crippen MR) is 69.5 cm³/mol. The van der Waals surface area contributed by atoms with Crippen LogP contribution in [0, 0.1) is 0 Å². The lowest BCUT2D eigenvalue weighted by atomic mass is 10.1. The van der Waals surface area contributed by atoms with Crippen LogP contribution in [0.25, 0.3) is 0 Å². The Hall–Kier alpha value is -0.840. The average molecular weight is 317 g/mol. The Bertz CT molecular complexity index is 501. The summed E-state index contributed by atoms with van der Waals surface area (Å²) in [6.45, 7) is 0.0659. The minimum absolute atomic E-state index is 0.0659. The van der Waals surface area contributed by atoms with Crippen LogP contribution in [0.4, 0.5) is 0 Å². The molecule has 0 bridgehead atoms. The molecule has 0 aliphatic carbocycles. The van der Waals surface area contributed by atoms with Crippen LogP contribution in [0.15, 0.2) is 35.1 Å². The van der Waals surface area contributed by atoms with Gasteiger partial charge in [0.2, 0.25) is 0 Å². The van der Waals surface area contributed by atoms with Crippen molar-refractivity contribution in [1.29, 1.82) is 0 Å². The fraction of sp³-hybridized carbons (Fsp3) is 0.250. The zero-order chi connectivity index (χ0) is 12.3. The summed E-state index contributed by atoms with van der Waals surface area (Å²) in [7, 11) is 0. The quantitative estimate of drug-likeness (QED) is 0.880. The van der Waals surface area contributed by atoms with Crippen molar-refractivity contribution in [2.24, 2.45) is 0 Å². The maximum Gasteiger partial charge on any atom is 0.127 e. The van der Waals surface area contributed by atoms with Gasteiger partial charge in [0.25, 0.3) is 0 Å². The number of aromatic nitrogens is 1. The molecule has 2 rings (SSSR count). The number of alkyl halides is 1. The molecule has 3 nitrogen and oxygen atoms in total. The molecule has 1 aromatic carbocycles. The van der Waals surface area contributed by atoms with Crippen molar-refractivity contribution in [3.8, 4) is 0 Å². The molecular weight excluding hydrogens is 305 g/mol. The molecule has 1 aromatic heterocycles. The van der Waals surface area contributed by atoms with Crippen molar-refractivity contribution in [1.82, 2.24) is 5.16 Å². The highest BCUT2D eigenvalue weighted by Gasteiger charge is 2.20. The van der Waals surface area contributed by atoms with Gasteiger partial charge in [-0.2, -0.15) is 0 Å². The van der Waals surface area contributed by atoms with Crippen LogP contribution in [0.1, 0.15) is 21.6 Å². The van der Waals surface area contributed by atoms with Gasteiger partial charge < -0.3 is 9.63 Å². The number of nitrogens with zero attached hydrogens (tertiary/aromatic N) is 1. The third kappa shape index (κ3) is 2.70. The van der Waals surface area contributed by atoms with Crippen LogP contribution >= 0.6 is 27.5 Å². The van der Waals surface area contributed by atoms with Gasteiger partial charge in [0.15, 0.2) is 0 Å². The van der Waals surface area contributed by atoms with Gasteiger partial charge in [-0.25, -0.2) is 0 Å². The summed E-state index contributed by atoms with van der Waals surface area (Å²) in [6, 6.07) is 7.56. The second kappa shape index (κ2) is 5.67. The molecule has 1 heterocycles. The number of aliphatic hydroxyl groups is 1. The molecule has 90 valence electrons. The van der Waals surface area contributed by atoms with Crippen LogP contribution < -0.4 is 0 Å². The number of halogens is 2. The zero-order valence-electron chi connectivity index (χ0n) is 8.94. The topological polar surface area (TPSA) is 46.3 Å². The summed E-state index contributed by atoms with van der Waals surface area (Å²) < 4.78 is 4.95. The first kappa shape index (κ1) is 12.6. The Morgan fingerprint density at radius 2 is 2.18 bits per heavy atom. The molecule has 0 fully saturated rings. The van der Waals surface area contributed by atoms with Crippen LogP contribution in [0.3, 0.4) is 0 Å². The van der Waals surface area contributed by atoms with Crippen LogP contribution in [-0.4, -0.2) is 16.9 Å². The van der Waals surface area contributed by atoms with Crippen LogP contribution in [0.2, 0.25) is 5.02 Å². The van der Waals surface area contributed by atoms with E-state index in [1.807, 2.05) is 24.3 Å². The van der Waals surface area contributed by atoms with Crippen LogP contribution in [-0.2, 0) is 6.42 Å². The summed E-state index contributed by atoms with van der Waals surface area (Å²) in [6.07, 6.45) is 2.07. The fourth-order valence-corrected chi connectivity index (χ4v) is 2.76. The monoisotopic (exact) mass is 315 g/mol. The normalized spacial score (nSPS) is 12.6. The predicted octanol–water partition coefficient (Wildman–Crippen LogP) is 3.35. The van der Waals surface area contributed by atoms with Crippen molar-refractivity contribution in [3.05, 3.63) is 52.4 Å². The Kier molecular flexibility index (Phi) is 4.20. The third-order valence-corrected chi connectivity index (χ3v) is 3.75. The van der Waals surface area contributed by atoms with Gasteiger partial charge in [0.05, 0.1) is 4.83 Å². The van der Waals surface area contributed by atoms with E-state index >= 15 is 0 Å². The van der Waals surface area contributed by atoms with Gasteiger partial charge in [-0.05, 0) is 11.6 Å². The first-order chi connectivity index (χ1) is 8.24. The second-order valence-corrected chi connectivity index (χ2v) is 4.91. The molecule has 1 unspecified atom stereocenters. The molecule has 1 atom stereocenters. The van der Waals surface area contributed by atoms with Crippen LogP contribution in [0.5, 0.6) is 0 Å². The highest BCUT2D eigenvalue weighted by atomic mass is 79.9. The number of aliphatic hydroxyl groups excluding tert-OH is 1. The first-order valence-electron chi connectivity index (χ1n) is 5.16. The van der Waals surface area contributed by atoms with Gasteiger partial charge in [0, 0.05) is 23.6 Å². The van der Waals surface area contributed by atoms with E-state index in [0.717, 1.165) is 16.8 Å². The van der Waals surface area contributed by atoms with Crippen molar-refractivity contribution in [2.75, 3.05) is 6.61 Å². The summed E-state index contributed by atoms with van der Waals surface area (Å²) >= 11 is 9.68. The Morgan fingerprint density at radius 3 is 2.88 bits per heavy atom. The SMILES string of the molecule is OCCc1conc1C(Br)c1ccccc1Cl. The molecular formula is C12H11BrClNO2. The van der Waals surface area contributed by atoms with E-state index in [2.05, 4.69) is 21.1 Å². The second-order valence-electron chi connectivity index (χ2n) is 3.58. The number of hydrogen-bond acceptors (Lipinski definition) is 3. The molecule has 5 heteroatoms. The molecule has 0 saturated heterocycles. The molecule has 0 saturated carbocycles. The highest BCUT2D eigenvalue weighted by molar-refractivity contribution is 9.09. The lowest BCUT2D eigenvalue weighted by Gasteiger charge is -2.10. The van der Waals surface area contributed by atoms with Crippen molar-refractivity contribution in [2.45, 2.75) is 11.2 Å². The minimum Gasteiger partial charge on any atom is -0.396 e. The molecule has 0 amide bonds. The summed E-state index contributed by atoms with van der Waals surface area (Å²) in [4.78, 5) is -0.128. The highest BCUT2D eigenvalue weighted by Crippen LogP contribution is 2.35. The smallest absolute Gasteiger partial charge is 0.127 e. The van der Waals surface area contributed by atoms with Gasteiger partial charge in [-0.15, -0.1) is 0 Å². The van der Waals surface area contributed by atoms with Crippen molar-refractivity contribution < 1.29 is 9.63 Å². The minimum atomic E-state index is -0.128. The Balaban J connectivity index is 2.34. The Morgan fingerprint density at radius 1 is 1.41 bits per heavy atom. The van der Waals surface area contributed by atoms with E-state index < -0.39 is 0 Å². The maximum absolute atomic E-state index is 8.96. The van der Waals surface area contributed by atoms with Gasteiger partial charge in [-0.3, -0.25) is 0 Å². The molecule has 0 aliphatic rings. The lowest BCUT2D eigenvalue weighted by molar-refractivity contribution is 0.299. The zero-order valence-corrected chi connectivity index (χ0v) is 11.3. The van der Waals surface area contributed by atoms with Gasteiger partial charge in [-0.1, -0.05) is 50.9 Å². The number of benzene rings is 1. The average Bonchev–Trinajstić information content (AvgIpc) is 2.78. The molecule has 2 aromatic rings. The maximum atomic E-state index is 8.96. The molecule has 17 heavy (non-hydrogen) atoms. The number of rotatable bonds is 4. The fourth-order valence-electron chi connectivity index (χ4n) is 1.61. The Labute approximate surface area is 113 Å². The number of hydrogen-bond donors (Lipinski definition) is 1. The summed E-state index contributed by atoms with van der Waals surface area (Å²) in [5.74, 6) is 0. The molecule has 0 radical (unpaired) electrons. The molecule has 1 N–H and O–H groups in total. The van der Waals surface area contributed by atoms with E-state index in [0.29, 0.717) is 11.4 Å². The largest absolute Gasteiger partial charge is 0.396 e. The van der Waals surface area contributed by atoms with Crippen molar-refractivity contribution >= 4 is 27.5 Å². The first-order valence-corrected chi connectivity index (χ1v) is 6.46. The molecule has 0 spiro atoms.